The Morgan fingerprint density at radius 2 is 2.00 bits per heavy atom. The lowest BCUT2D eigenvalue weighted by atomic mass is 10.2. The Morgan fingerprint density at radius 1 is 1.43 bits per heavy atom. The van der Waals surface area contributed by atoms with Crippen LogP contribution < -0.4 is 5.73 Å². The molecule has 0 fully saturated rings. The molecule has 0 amide bonds. The van der Waals surface area contributed by atoms with Crippen LogP contribution in [0.25, 0.3) is 0 Å². The SMILES string of the molecule is CC.COC(=O)c1ccc(O)c(N)c1. The number of phenolic OH excluding ortho intramolecular Hbond substituents is 1. The Labute approximate surface area is 83.3 Å². The first-order valence-corrected chi connectivity index (χ1v) is 4.32. The summed E-state index contributed by atoms with van der Waals surface area (Å²) >= 11 is 0. The second kappa shape index (κ2) is 5.85. The van der Waals surface area contributed by atoms with Crippen molar-refractivity contribution in [3.8, 4) is 5.75 Å². The number of benzene rings is 1. The highest BCUT2D eigenvalue weighted by molar-refractivity contribution is 5.90. The zero-order chi connectivity index (χ0) is 11.1. The number of ether oxygens (including phenoxy) is 1. The number of nitrogen functional groups attached to an aromatic ring is 1. The molecule has 0 aliphatic heterocycles. The van der Waals surface area contributed by atoms with Gasteiger partial charge in [0, 0.05) is 0 Å². The summed E-state index contributed by atoms with van der Waals surface area (Å²) in [5.41, 5.74) is 5.85. The third-order valence-electron chi connectivity index (χ3n) is 1.45. The highest BCUT2D eigenvalue weighted by Crippen LogP contribution is 2.20. The Kier molecular flexibility index (Phi) is 5.14. The maximum atomic E-state index is 10.9. The number of esters is 1. The van der Waals surface area contributed by atoms with Gasteiger partial charge >= 0.3 is 5.97 Å². The number of nitrogens with two attached hydrogens (primary N) is 1. The van der Waals surface area contributed by atoms with Crippen molar-refractivity contribution in [1.29, 1.82) is 0 Å². The summed E-state index contributed by atoms with van der Waals surface area (Å²) < 4.78 is 4.45. The van der Waals surface area contributed by atoms with E-state index in [4.69, 9.17) is 10.8 Å². The van der Waals surface area contributed by atoms with E-state index in [2.05, 4.69) is 4.74 Å². The largest absolute Gasteiger partial charge is 0.506 e. The van der Waals surface area contributed by atoms with E-state index in [-0.39, 0.29) is 11.4 Å². The van der Waals surface area contributed by atoms with Crippen molar-refractivity contribution in [3.05, 3.63) is 23.8 Å². The lowest BCUT2D eigenvalue weighted by Crippen LogP contribution is -2.01. The number of hydrogen-bond acceptors (Lipinski definition) is 4. The smallest absolute Gasteiger partial charge is 0.337 e. The van der Waals surface area contributed by atoms with Crippen molar-refractivity contribution in [2.75, 3.05) is 12.8 Å². The molecule has 3 N–H and O–H groups in total. The van der Waals surface area contributed by atoms with E-state index in [0.29, 0.717) is 5.56 Å². The third kappa shape index (κ3) is 2.97. The van der Waals surface area contributed by atoms with Crippen LogP contribution in [0.3, 0.4) is 0 Å². The molecule has 0 atom stereocenters. The van der Waals surface area contributed by atoms with Crippen molar-refractivity contribution in [2.24, 2.45) is 0 Å². The van der Waals surface area contributed by atoms with E-state index in [9.17, 15) is 4.79 Å². The molecular formula is C10H15NO3. The van der Waals surface area contributed by atoms with Crippen molar-refractivity contribution >= 4 is 11.7 Å². The Morgan fingerprint density at radius 3 is 2.43 bits per heavy atom. The number of carbonyl (C=O) groups excluding carboxylic acids is 1. The third-order valence-corrected chi connectivity index (χ3v) is 1.45. The molecule has 1 aromatic carbocycles. The van der Waals surface area contributed by atoms with Crippen molar-refractivity contribution in [2.45, 2.75) is 13.8 Å². The summed E-state index contributed by atoms with van der Waals surface area (Å²) in [4.78, 5) is 10.9. The second-order valence-corrected chi connectivity index (χ2v) is 2.27. The van der Waals surface area contributed by atoms with Crippen LogP contribution in [0.15, 0.2) is 18.2 Å². The molecule has 0 heterocycles. The molecule has 0 saturated carbocycles. The molecule has 0 radical (unpaired) electrons. The minimum atomic E-state index is -0.471. The number of aromatic hydroxyl groups is 1. The van der Waals surface area contributed by atoms with Gasteiger partial charge in [-0.3, -0.25) is 0 Å². The number of anilines is 1. The summed E-state index contributed by atoms with van der Waals surface area (Å²) in [7, 11) is 1.28. The number of phenols is 1. The fourth-order valence-electron chi connectivity index (χ4n) is 0.799. The molecule has 4 nitrogen and oxygen atoms in total. The van der Waals surface area contributed by atoms with E-state index in [1.165, 1.54) is 25.3 Å². The van der Waals surface area contributed by atoms with E-state index in [1.807, 2.05) is 13.8 Å². The molecule has 0 aliphatic carbocycles. The van der Waals surface area contributed by atoms with Crippen LogP contribution in [0.1, 0.15) is 24.2 Å². The van der Waals surface area contributed by atoms with Gasteiger partial charge in [0.15, 0.2) is 0 Å². The molecule has 0 aromatic heterocycles. The monoisotopic (exact) mass is 197 g/mol. The Balaban J connectivity index is 0.000000791. The highest BCUT2D eigenvalue weighted by Gasteiger charge is 2.06. The Hall–Kier alpha value is -1.71. The Bertz CT molecular complexity index is 310. The van der Waals surface area contributed by atoms with E-state index in [1.54, 1.807) is 0 Å². The topological polar surface area (TPSA) is 72.5 Å². The molecule has 0 aliphatic rings. The molecule has 0 unspecified atom stereocenters. The van der Waals surface area contributed by atoms with E-state index < -0.39 is 5.97 Å². The zero-order valence-electron chi connectivity index (χ0n) is 8.57. The quantitative estimate of drug-likeness (QED) is 0.409. The molecule has 0 bridgehead atoms. The number of rotatable bonds is 1. The van der Waals surface area contributed by atoms with E-state index in [0.717, 1.165) is 0 Å². The summed E-state index contributed by atoms with van der Waals surface area (Å²) in [6.07, 6.45) is 0. The average Bonchev–Trinajstić information content (AvgIpc) is 2.24. The zero-order valence-corrected chi connectivity index (χ0v) is 8.57. The van der Waals surface area contributed by atoms with Crippen LogP contribution in [0.2, 0.25) is 0 Å². The molecule has 78 valence electrons. The predicted octanol–water partition coefficient (Wildman–Crippen LogP) is 1.79. The van der Waals surface area contributed by atoms with Gasteiger partial charge in [0.25, 0.3) is 0 Å². The van der Waals surface area contributed by atoms with Crippen LogP contribution in [-0.4, -0.2) is 18.2 Å². The maximum Gasteiger partial charge on any atom is 0.337 e. The lowest BCUT2D eigenvalue weighted by Gasteiger charge is -2.01. The van der Waals surface area contributed by atoms with Crippen LogP contribution in [0.5, 0.6) is 5.75 Å². The molecule has 0 spiro atoms. The van der Waals surface area contributed by atoms with Gasteiger partial charge in [0.2, 0.25) is 0 Å². The van der Waals surface area contributed by atoms with Gasteiger partial charge in [-0.2, -0.15) is 0 Å². The molecule has 4 heteroatoms. The molecular weight excluding hydrogens is 182 g/mol. The van der Waals surface area contributed by atoms with Crippen LogP contribution in [-0.2, 0) is 4.74 Å². The van der Waals surface area contributed by atoms with Crippen molar-refractivity contribution < 1.29 is 14.6 Å². The fourth-order valence-corrected chi connectivity index (χ4v) is 0.799. The van der Waals surface area contributed by atoms with Gasteiger partial charge in [0.05, 0.1) is 18.4 Å². The molecule has 0 saturated heterocycles. The standard InChI is InChI=1S/C8H9NO3.C2H6/c1-12-8(11)5-2-3-7(10)6(9)4-5;1-2/h2-4,10H,9H2,1H3;1-2H3. The minimum absolute atomic E-state index is 0.0392. The van der Waals surface area contributed by atoms with Crippen LogP contribution >= 0.6 is 0 Å². The van der Waals surface area contributed by atoms with Crippen LogP contribution in [0.4, 0.5) is 5.69 Å². The first-order chi connectivity index (χ1) is 6.65. The molecule has 1 rings (SSSR count). The van der Waals surface area contributed by atoms with Gasteiger partial charge < -0.3 is 15.6 Å². The number of carbonyl (C=O) groups is 1. The highest BCUT2D eigenvalue weighted by atomic mass is 16.5. The van der Waals surface area contributed by atoms with Gasteiger partial charge in [-0.1, -0.05) is 13.8 Å². The fraction of sp³-hybridized carbons (Fsp3) is 0.300. The number of methoxy groups -OCH3 is 1. The predicted molar refractivity (Wildman–Crippen MR) is 55.2 cm³/mol. The van der Waals surface area contributed by atoms with Crippen molar-refractivity contribution in [3.63, 3.8) is 0 Å². The summed E-state index contributed by atoms with van der Waals surface area (Å²) in [6, 6.07) is 4.15. The first-order valence-electron chi connectivity index (χ1n) is 4.32. The summed E-state index contributed by atoms with van der Waals surface area (Å²) in [5, 5.41) is 9.02. The minimum Gasteiger partial charge on any atom is -0.506 e. The van der Waals surface area contributed by atoms with Gasteiger partial charge in [-0.15, -0.1) is 0 Å². The molecule has 14 heavy (non-hydrogen) atoms. The maximum absolute atomic E-state index is 10.9. The summed E-state index contributed by atoms with van der Waals surface area (Å²) in [6.45, 7) is 4.00. The van der Waals surface area contributed by atoms with Gasteiger partial charge in [-0.25, -0.2) is 4.79 Å². The van der Waals surface area contributed by atoms with E-state index >= 15 is 0 Å². The average molecular weight is 197 g/mol. The first kappa shape index (κ1) is 12.3. The van der Waals surface area contributed by atoms with Crippen LogP contribution in [0, 0.1) is 0 Å². The number of hydrogen-bond donors (Lipinski definition) is 2. The second-order valence-electron chi connectivity index (χ2n) is 2.27. The normalized spacial score (nSPS) is 8.50. The van der Waals surface area contributed by atoms with Gasteiger partial charge in [-0.05, 0) is 18.2 Å². The lowest BCUT2D eigenvalue weighted by molar-refractivity contribution is 0.0601. The van der Waals surface area contributed by atoms with Crippen molar-refractivity contribution in [1.82, 2.24) is 0 Å². The summed E-state index contributed by atoms with van der Waals surface area (Å²) in [5.74, 6) is -0.510. The molecule has 1 aromatic rings. The van der Waals surface area contributed by atoms with Gasteiger partial charge in [0.1, 0.15) is 5.75 Å².